The molecule has 0 amide bonds. The molecule has 0 bridgehead atoms. The van der Waals surface area contributed by atoms with Crippen LogP contribution in [0.25, 0.3) is 4.85 Å². The van der Waals surface area contributed by atoms with E-state index in [1.165, 1.54) is 12.1 Å². The molecule has 1 aromatic rings. The summed E-state index contributed by atoms with van der Waals surface area (Å²) < 4.78 is 19.0. The number of morpholine rings is 1. The number of nitrogens with zero attached hydrogens (tertiary/aromatic N) is 2. The zero-order valence-electron chi connectivity index (χ0n) is 9.11. The Morgan fingerprint density at radius 3 is 3.00 bits per heavy atom. The number of halogens is 1. The first-order valence-electron chi connectivity index (χ1n) is 5.18. The summed E-state index contributed by atoms with van der Waals surface area (Å²) in [5.41, 5.74) is 0.865. The van der Waals surface area contributed by atoms with Gasteiger partial charge in [-0.25, -0.2) is 9.24 Å². The summed E-state index contributed by atoms with van der Waals surface area (Å²) >= 11 is 0. The van der Waals surface area contributed by atoms with E-state index in [1.807, 2.05) is 7.05 Å². The first-order chi connectivity index (χ1) is 7.70. The topological polar surface area (TPSA) is 16.8 Å². The average Bonchev–Trinajstić information content (AvgIpc) is 2.29. The van der Waals surface area contributed by atoms with Crippen molar-refractivity contribution < 1.29 is 9.13 Å². The van der Waals surface area contributed by atoms with Crippen molar-refractivity contribution in [3.63, 3.8) is 0 Å². The van der Waals surface area contributed by atoms with Crippen LogP contribution >= 0.6 is 0 Å². The van der Waals surface area contributed by atoms with Crippen molar-refractivity contribution in [2.75, 3.05) is 26.7 Å². The summed E-state index contributed by atoms with van der Waals surface area (Å²) in [4.78, 5) is 5.24. The van der Waals surface area contributed by atoms with Gasteiger partial charge >= 0.3 is 0 Å². The smallest absolute Gasteiger partial charge is 0.222 e. The van der Waals surface area contributed by atoms with E-state index in [0.717, 1.165) is 18.7 Å². The van der Waals surface area contributed by atoms with Crippen LogP contribution in [-0.4, -0.2) is 31.6 Å². The summed E-state index contributed by atoms with van der Waals surface area (Å²) in [6.45, 7) is 9.10. The van der Waals surface area contributed by atoms with Crippen molar-refractivity contribution in [2.24, 2.45) is 0 Å². The molecule has 2 rings (SSSR count). The molecule has 1 aliphatic heterocycles. The standard InChI is InChI=1S/C12H13FN2O/c1-14-11-4-3-9(7-10(11)13)12-8-15(2)5-6-16-12/h3-4,7,12H,5-6,8H2,2H3. The van der Waals surface area contributed by atoms with E-state index in [1.54, 1.807) is 6.07 Å². The van der Waals surface area contributed by atoms with Crippen molar-refractivity contribution >= 4 is 5.69 Å². The van der Waals surface area contributed by atoms with Crippen LogP contribution in [0.15, 0.2) is 18.2 Å². The predicted molar refractivity (Wildman–Crippen MR) is 58.9 cm³/mol. The molecular formula is C12H13FN2O. The van der Waals surface area contributed by atoms with Crippen LogP contribution in [0, 0.1) is 12.4 Å². The quantitative estimate of drug-likeness (QED) is 0.676. The second kappa shape index (κ2) is 4.60. The molecule has 1 saturated heterocycles. The third kappa shape index (κ3) is 2.21. The van der Waals surface area contributed by atoms with E-state index in [4.69, 9.17) is 11.3 Å². The van der Waals surface area contributed by atoms with Gasteiger partial charge in [-0.05, 0) is 18.7 Å². The van der Waals surface area contributed by atoms with Crippen LogP contribution in [0.3, 0.4) is 0 Å². The van der Waals surface area contributed by atoms with Crippen LogP contribution in [0.4, 0.5) is 10.1 Å². The van der Waals surface area contributed by atoms with Crippen LogP contribution in [0.2, 0.25) is 0 Å². The van der Waals surface area contributed by atoms with Gasteiger partial charge in [0.1, 0.15) is 5.82 Å². The zero-order chi connectivity index (χ0) is 11.5. The first kappa shape index (κ1) is 11.1. The highest BCUT2D eigenvalue weighted by Crippen LogP contribution is 2.26. The average molecular weight is 220 g/mol. The van der Waals surface area contributed by atoms with Gasteiger partial charge in [-0.2, -0.15) is 0 Å². The Kier molecular flexibility index (Phi) is 3.18. The number of hydrogen-bond acceptors (Lipinski definition) is 2. The molecule has 1 atom stereocenters. The Morgan fingerprint density at radius 1 is 1.56 bits per heavy atom. The van der Waals surface area contributed by atoms with E-state index in [9.17, 15) is 4.39 Å². The number of likely N-dealkylation sites (N-methyl/N-ethyl adjacent to an activating group) is 1. The van der Waals surface area contributed by atoms with Gasteiger partial charge in [0.2, 0.25) is 5.69 Å². The lowest BCUT2D eigenvalue weighted by molar-refractivity contribution is -0.0210. The highest BCUT2D eigenvalue weighted by molar-refractivity contribution is 5.47. The lowest BCUT2D eigenvalue weighted by Gasteiger charge is -2.30. The van der Waals surface area contributed by atoms with E-state index < -0.39 is 5.82 Å². The molecule has 1 fully saturated rings. The molecule has 84 valence electrons. The van der Waals surface area contributed by atoms with Gasteiger partial charge in [0.05, 0.1) is 19.3 Å². The molecule has 1 aromatic carbocycles. The maximum Gasteiger partial charge on any atom is 0.222 e. The third-order valence-electron chi connectivity index (χ3n) is 2.73. The Bertz CT molecular complexity index is 428. The van der Waals surface area contributed by atoms with Crippen LogP contribution in [-0.2, 0) is 4.74 Å². The normalized spacial score (nSPS) is 21.7. The predicted octanol–water partition coefficient (Wildman–Crippen LogP) is 2.38. The van der Waals surface area contributed by atoms with Crippen LogP contribution in [0.5, 0.6) is 0 Å². The summed E-state index contributed by atoms with van der Waals surface area (Å²) in [7, 11) is 2.01. The molecule has 0 aromatic heterocycles. The number of benzene rings is 1. The van der Waals surface area contributed by atoms with E-state index in [0.29, 0.717) is 6.61 Å². The Hall–Kier alpha value is -1.44. The zero-order valence-corrected chi connectivity index (χ0v) is 9.11. The van der Waals surface area contributed by atoms with Gasteiger partial charge in [0.25, 0.3) is 0 Å². The molecule has 1 aliphatic rings. The largest absolute Gasteiger partial charge is 0.371 e. The first-order valence-corrected chi connectivity index (χ1v) is 5.18. The van der Waals surface area contributed by atoms with Gasteiger partial charge in [0, 0.05) is 13.1 Å². The minimum atomic E-state index is -0.468. The highest BCUT2D eigenvalue weighted by Gasteiger charge is 2.20. The summed E-state index contributed by atoms with van der Waals surface area (Å²) in [5.74, 6) is -0.468. The van der Waals surface area contributed by atoms with Gasteiger partial charge in [-0.1, -0.05) is 12.1 Å². The van der Waals surface area contributed by atoms with Gasteiger partial charge in [-0.3, -0.25) is 0 Å². The maximum atomic E-state index is 13.4. The van der Waals surface area contributed by atoms with Crippen molar-refractivity contribution in [3.05, 3.63) is 41.0 Å². The molecule has 0 radical (unpaired) electrons. The fraction of sp³-hybridized carbons (Fsp3) is 0.417. The SMILES string of the molecule is [C-]#[N+]c1ccc(C2CN(C)CCO2)cc1F. The molecular weight excluding hydrogens is 207 g/mol. The van der Waals surface area contributed by atoms with E-state index in [2.05, 4.69) is 9.74 Å². The summed E-state index contributed by atoms with van der Waals surface area (Å²) in [6.07, 6.45) is -0.0898. The Balaban J connectivity index is 2.21. The number of rotatable bonds is 1. The minimum Gasteiger partial charge on any atom is -0.371 e. The Labute approximate surface area is 94.3 Å². The molecule has 1 heterocycles. The van der Waals surface area contributed by atoms with Crippen LogP contribution < -0.4 is 0 Å². The third-order valence-corrected chi connectivity index (χ3v) is 2.73. The van der Waals surface area contributed by atoms with Gasteiger partial charge in [-0.15, -0.1) is 0 Å². The summed E-state index contributed by atoms with van der Waals surface area (Å²) in [6, 6.07) is 4.67. The minimum absolute atomic E-state index is 0.0629. The molecule has 4 heteroatoms. The summed E-state index contributed by atoms with van der Waals surface area (Å²) in [5, 5.41) is 0. The molecule has 0 aliphatic carbocycles. The molecule has 1 unspecified atom stereocenters. The monoisotopic (exact) mass is 220 g/mol. The maximum absolute atomic E-state index is 13.4. The van der Waals surface area contributed by atoms with Crippen LogP contribution in [0.1, 0.15) is 11.7 Å². The van der Waals surface area contributed by atoms with Crippen molar-refractivity contribution in [2.45, 2.75) is 6.10 Å². The molecule has 16 heavy (non-hydrogen) atoms. The number of ether oxygens (including phenoxy) is 1. The number of hydrogen-bond donors (Lipinski definition) is 0. The van der Waals surface area contributed by atoms with Crippen molar-refractivity contribution in [1.82, 2.24) is 4.90 Å². The second-order valence-corrected chi connectivity index (χ2v) is 3.94. The van der Waals surface area contributed by atoms with Gasteiger partial charge in [0.15, 0.2) is 0 Å². The lowest BCUT2D eigenvalue weighted by atomic mass is 10.1. The van der Waals surface area contributed by atoms with Gasteiger partial charge < -0.3 is 9.64 Å². The highest BCUT2D eigenvalue weighted by atomic mass is 19.1. The molecule has 3 nitrogen and oxygen atoms in total. The fourth-order valence-electron chi connectivity index (χ4n) is 1.79. The molecule has 0 spiro atoms. The van der Waals surface area contributed by atoms with Crippen molar-refractivity contribution in [1.29, 1.82) is 0 Å². The Morgan fingerprint density at radius 2 is 2.38 bits per heavy atom. The second-order valence-electron chi connectivity index (χ2n) is 3.94. The molecule has 0 saturated carbocycles. The van der Waals surface area contributed by atoms with Crippen molar-refractivity contribution in [3.8, 4) is 0 Å². The lowest BCUT2D eigenvalue weighted by Crippen LogP contribution is -2.35. The van der Waals surface area contributed by atoms with E-state index >= 15 is 0 Å². The fourth-order valence-corrected chi connectivity index (χ4v) is 1.79. The molecule has 0 N–H and O–H groups in total. The van der Waals surface area contributed by atoms with E-state index in [-0.39, 0.29) is 11.8 Å².